The van der Waals surface area contributed by atoms with Crippen molar-refractivity contribution in [3.05, 3.63) is 53.3 Å². The molecule has 0 aliphatic carbocycles. The summed E-state index contributed by atoms with van der Waals surface area (Å²) in [5, 5.41) is 2.94. The number of carbonyl (C=O) groups excluding carboxylic acids is 2. The molecular formula is C21H28N4O2. The number of aryl methyl sites for hydroxylation is 2. The maximum Gasteiger partial charge on any atom is 0.243 e. The minimum atomic E-state index is -0.177. The fourth-order valence-corrected chi connectivity index (χ4v) is 3.63. The van der Waals surface area contributed by atoms with E-state index in [9.17, 15) is 9.59 Å². The third-order valence-electron chi connectivity index (χ3n) is 5.36. The molecule has 1 atom stereocenters. The summed E-state index contributed by atoms with van der Waals surface area (Å²) < 4.78 is 2.23. The van der Waals surface area contributed by atoms with Gasteiger partial charge in [0.05, 0.1) is 13.1 Å². The van der Waals surface area contributed by atoms with E-state index in [1.165, 1.54) is 10.6 Å². The van der Waals surface area contributed by atoms with Gasteiger partial charge in [-0.3, -0.25) is 14.5 Å². The lowest BCUT2D eigenvalue weighted by Gasteiger charge is -2.35. The number of carbonyl (C=O) groups is 2. The van der Waals surface area contributed by atoms with Gasteiger partial charge < -0.3 is 14.8 Å². The Morgan fingerprint density at radius 3 is 2.56 bits per heavy atom. The monoisotopic (exact) mass is 368 g/mol. The van der Waals surface area contributed by atoms with Crippen molar-refractivity contribution in [1.82, 2.24) is 14.4 Å². The lowest BCUT2D eigenvalue weighted by molar-refractivity contribution is -0.135. The van der Waals surface area contributed by atoms with Crippen LogP contribution < -0.4 is 5.32 Å². The fourth-order valence-electron chi connectivity index (χ4n) is 3.63. The molecule has 1 aliphatic rings. The maximum atomic E-state index is 12.6. The Morgan fingerprint density at radius 1 is 1.15 bits per heavy atom. The van der Waals surface area contributed by atoms with Crippen LogP contribution >= 0.6 is 0 Å². The first-order valence-corrected chi connectivity index (χ1v) is 9.36. The summed E-state index contributed by atoms with van der Waals surface area (Å²) in [4.78, 5) is 28.7. The minimum absolute atomic E-state index is 0.0430. The van der Waals surface area contributed by atoms with Gasteiger partial charge in [-0.25, -0.2) is 0 Å². The number of likely N-dealkylation sites (N-methyl/N-ethyl adjacent to an activating group) is 1. The molecular weight excluding hydrogens is 340 g/mol. The van der Waals surface area contributed by atoms with Gasteiger partial charge in [0.25, 0.3) is 0 Å². The topological polar surface area (TPSA) is 57.6 Å². The van der Waals surface area contributed by atoms with Crippen LogP contribution in [-0.4, -0.2) is 52.9 Å². The van der Waals surface area contributed by atoms with Crippen molar-refractivity contribution in [2.45, 2.75) is 33.4 Å². The minimum Gasteiger partial charge on any atom is -0.349 e. The SMILES string of the molecule is Cc1cccc(C)c1NC(=O)CN(C)C(=O)CN1CCn2cccc2[C@H]1C. The van der Waals surface area contributed by atoms with E-state index in [2.05, 4.69) is 34.0 Å². The lowest BCUT2D eigenvalue weighted by Crippen LogP contribution is -2.45. The van der Waals surface area contributed by atoms with Crippen LogP contribution in [0.5, 0.6) is 0 Å². The quantitative estimate of drug-likeness (QED) is 0.883. The number of benzene rings is 1. The molecule has 27 heavy (non-hydrogen) atoms. The largest absolute Gasteiger partial charge is 0.349 e. The lowest BCUT2D eigenvalue weighted by atomic mass is 10.1. The van der Waals surface area contributed by atoms with Crippen molar-refractivity contribution in [1.29, 1.82) is 0 Å². The number of hydrogen-bond donors (Lipinski definition) is 1. The Labute approximate surface area is 160 Å². The first-order chi connectivity index (χ1) is 12.9. The second-order valence-electron chi connectivity index (χ2n) is 7.34. The molecule has 0 saturated carbocycles. The Morgan fingerprint density at radius 2 is 1.85 bits per heavy atom. The van der Waals surface area contributed by atoms with E-state index in [-0.39, 0.29) is 24.4 Å². The highest BCUT2D eigenvalue weighted by atomic mass is 16.2. The molecule has 1 aromatic carbocycles. The Balaban J connectivity index is 1.56. The summed E-state index contributed by atoms with van der Waals surface area (Å²) in [6.45, 7) is 8.13. The first-order valence-electron chi connectivity index (χ1n) is 9.36. The Hall–Kier alpha value is -2.60. The zero-order chi connectivity index (χ0) is 19.6. The zero-order valence-electron chi connectivity index (χ0n) is 16.5. The van der Waals surface area contributed by atoms with Gasteiger partial charge in [-0.2, -0.15) is 0 Å². The Bertz CT molecular complexity index is 822. The van der Waals surface area contributed by atoms with Gasteiger partial charge in [0.2, 0.25) is 11.8 Å². The number of rotatable bonds is 5. The molecule has 6 heteroatoms. The van der Waals surface area contributed by atoms with E-state index < -0.39 is 0 Å². The van der Waals surface area contributed by atoms with Crippen molar-refractivity contribution in [2.75, 3.05) is 32.0 Å². The van der Waals surface area contributed by atoms with Gasteiger partial charge in [0.15, 0.2) is 0 Å². The van der Waals surface area contributed by atoms with Crippen LogP contribution in [0.15, 0.2) is 36.5 Å². The van der Waals surface area contributed by atoms with Crippen LogP contribution in [0, 0.1) is 13.8 Å². The van der Waals surface area contributed by atoms with Crippen molar-refractivity contribution < 1.29 is 9.59 Å². The number of hydrogen-bond acceptors (Lipinski definition) is 3. The number of amides is 2. The van der Waals surface area contributed by atoms with Gasteiger partial charge in [0.1, 0.15) is 0 Å². The molecule has 144 valence electrons. The smallest absolute Gasteiger partial charge is 0.243 e. The molecule has 0 fully saturated rings. The predicted molar refractivity (Wildman–Crippen MR) is 107 cm³/mol. The van der Waals surface area contributed by atoms with Crippen LogP contribution in [0.3, 0.4) is 0 Å². The van der Waals surface area contributed by atoms with Crippen LogP contribution in [-0.2, 0) is 16.1 Å². The number of aromatic nitrogens is 1. The highest BCUT2D eigenvalue weighted by Gasteiger charge is 2.26. The van der Waals surface area contributed by atoms with Gasteiger partial charge in [-0.05, 0) is 44.0 Å². The molecule has 1 aliphatic heterocycles. The molecule has 0 unspecified atom stereocenters. The van der Waals surface area contributed by atoms with Crippen molar-refractivity contribution in [3.8, 4) is 0 Å². The third kappa shape index (κ3) is 4.22. The van der Waals surface area contributed by atoms with Crippen molar-refractivity contribution in [3.63, 3.8) is 0 Å². The van der Waals surface area contributed by atoms with E-state index >= 15 is 0 Å². The average Bonchev–Trinajstić information content (AvgIpc) is 3.10. The number of fused-ring (bicyclic) bond motifs is 1. The molecule has 2 amide bonds. The number of nitrogens with one attached hydrogen (secondary N) is 1. The van der Waals surface area contributed by atoms with E-state index in [1.54, 1.807) is 7.05 Å². The molecule has 0 spiro atoms. The normalized spacial score (nSPS) is 16.7. The highest BCUT2D eigenvalue weighted by molar-refractivity contribution is 5.95. The van der Waals surface area contributed by atoms with Crippen molar-refractivity contribution >= 4 is 17.5 Å². The average molecular weight is 368 g/mol. The summed E-state index contributed by atoms with van der Waals surface area (Å²) in [7, 11) is 1.68. The molecule has 0 bridgehead atoms. The number of anilines is 1. The molecule has 0 radical (unpaired) electrons. The summed E-state index contributed by atoms with van der Waals surface area (Å²) >= 11 is 0. The molecule has 1 N–H and O–H groups in total. The highest BCUT2D eigenvalue weighted by Crippen LogP contribution is 2.25. The van der Waals surface area contributed by atoms with E-state index in [4.69, 9.17) is 0 Å². The molecule has 0 saturated heterocycles. The molecule has 6 nitrogen and oxygen atoms in total. The van der Waals surface area contributed by atoms with Crippen LogP contribution in [0.2, 0.25) is 0 Å². The maximum absolute atomic E-state index is 12.6. The fraction of sp³-hybridized carbons (Fsp3) is 0.429. The van der Waals surface area contributed by atoms with Gasteiger partial charge in [-0.15, -0.1) is 0 Å². The van der Waals surface area contributed by atoms with Gasteiger partial charge in [0, 0.05) is 43.8 Å². The second-order valence-corrected chi connectivity index (χ2v) is 7.34. The van der Waals surface area contributed by atoms with Gasteiger partial charge >= 0.3 is 0 Å². The number of para-hydroxylation sites is 1. The van der Waals surface area contributed by atoms with Crippen LogP contribution in [0.25, 0.3) is 0 Å². The standard InChI is InChI=1S/C21H28N4O2/c1-15-7-5-8-16(2)21(15)22-19(26)13-23(4)20(27)14-25-12-11-24-10-6-9-18(24)17(25)3/h5-10,17H,11-14H2,1-4H3,(H,22,26)/t17-/m1/s1. The van der Waals surface area contributed by atoms with E-state index in [0.29, 0.717) is 6.54 Å². The Kier molecular flexibility index (Phi) is 5.65. The zero-order valence-corrected chi connectivity index (χ0v) is 16.5. The molecule has 2 heterocycles. The summed E-state index contributed by atoms with van der Waals surface area (Å²) in [5.41, 5.74) is 4.09. The van der Waals surface area contributed by atoms with Crippen molar-refractivity contribution in [2.24, 2.45) is 0 Å². The number of nitrogens with zero attached hydrogens (tertiary/aromatic N) is 3. The summed E-state index contributed by atoms with van der Waals surface area (Å²) in [5.74, 6) is -0.220. The summed E-state index contributed by atoms with van der Waals surface area (Å²) in [6.07, 6.45) is 2.08. The third-order valence-corrected chi connectivity index (χ3v) is 5.36. The first kappa shape index (κ1) is 19.2. The van der Waals surface area contributed by atoms with E-state index in [1.807, 2.05) is 38.1 Å². The predicted octanol–water partition coefficient (Wildman–Crippen LogP) is 2.58. The van der Waals surface area contributed by atoms with Gasteiger partial charge in [-0.1, -0.05) is 18.2 Å². The summed E-state index contributed by atoms with van der Waals surface area (Å²) in [6, 6.07) is 10.2. The van der Waals surface area contributed by atoms with Crippen LogP contribution in [0.1, 0.15) is 29.8 Å². The molecule has 3 rings (SSSR count). The van der Waals surface area contributed by atoms with E-state index in [0.717, 1.165) is 29.9 Å². The molecule has 2 aromatic rings. The van der Waals surface area contributed by atoms with Crippen LogP contribution in [0.4, 0.5) is 5.69 Å². The second kappa shape index (κ2) is 7.96. The molecule has 1 aromatic heterocycles.